The first-order chi connectivity index (χ1) is 11.8. The van der Waals surface area contributed by atoms with E-state index in [1.807, 2.05) is 0 Å². The summed E-state index contributed by atoms with van der Waals surface area (Å²) in [5.41, 5.74) is 0.591. The molecule has 0 aliphatic carbocycles. The normalized spacial score (nSPS) is 14.4. The zero-order valence-electron chi connectivity index (χ0n) is 12.8. The number of amidine groups is 1. The number of nitrogens with zero attached hydrogens (tertiary/aromatic N) is 2. The maximum atomic E-state index is 12.2. The highest BCUT2D eigenvalue weighted by Gasteiger charge is 2.26. The van der Waals surface area contributed by atoms with Crippen molar-refractivity contribution in [3.05, 3.63) is 60.2 Å². The number of anilines is 1. The topological polar surface area (TPSA) is 116 Å². The van der Waals surface area contributed by atoms with Crippen LogP contribution in [0.4, 0.5) is 5.69 Å². The second kappa shape index (κ2) is 6.46. The lowest BCUT2D eigenvalue weighted by Gasteiger charge is -2.10. The Balaban J connectivity index is 1.79. The summed E-state index contributed by atoms with van der Waals surface area (Å²) in [7, 11) is -4.41. The first kappa shape index (κ1) is 16.8. The Morgan fingerprint density at radius 2 is 1.84 bits per heavy atom. The Kier molecular flexibility index (Phi) is 4.34. The van der Waals surface area contributed by atoms with Gasteiger partial charge in [0.25, 0.3) is 21.9 Å². The molecule has 9 heteroatoms. The van der Waals surface area contributed by atoms with Gasteiger partial charge in [0.2, 0.25) is 0 Å². The van der Waals surface area contributed by atoms with Crippen molar-refractivity contribution in [2.75, 3.05) is 5.01 Å². The second-order valence-corrected chi connectivity index (χ2v) is 6.64. The molecule has 8 nitrogen and oxygen atoms in total. The van der Waals surface area contributed by atoms with Gasteiger partial charge >= 0.3 is 0 Å². The van der Waals surface area contributed by atoms with Crippen molar-refractivity contribution in [3.8, 4) is 0 Å². The number of amides is 2. The van der Waals surface area contributed by atoms with Crippen molar-refractivity contribution in [2.45, 2.75) is 11.3 Å². The third kappa shape index (κ3) is 3.73. The molecule has 0 atom stereocenters. The highest BCUT2D eigenvalue weighted by molar-refractivity contribution is 7.85. The van der Waals surface area contributed by atoms with E-state index in [1.165, 1.54) is 23.2 Å². The van der Waals surface area contributed by atoms with Gasteiger partial charge in [-0.05, 0) is 30.3 Å². The molecule has 0 saturated heterocycles. The zero-order chi connectivity index (χ0) is 18.0. The van der Waals surface area contributed by atoms with Crippen molar-refractivity contribution < 1.29 is 22.6 Å². The smallest absolute Gasteiger partial charge is 0.294 e. The van der Waals surface area contributed by atoms with Crippen LogP contribution in [-0.2, 0) is 14.9 Å². The van der Waals surface area contributed by atoms with Gasteiger partial charge in [0.05, 0.1) is 17.0 Å². The fourth-order valence-corrected chi connectivity index (χ4v) is 2.80. The van der Waals surface area contributed by atoms with Crippen molar-refractivity contribution >= 4 is 33.5 Å². The molecule has 1 heterocycles. The van der Waals surface area contributed by atoms with Gasteiger partial charge in [0.15, 0.2) is 0 Å². The summed E-state index contributed by atoms with van der Waals surface area (Å²) >= 11 is 0. The highest BCUT2D eigenvalue weighted by Crippen LogP contribution is 2.19. The molecule has 3 rings (SSSR count). The van der Waals surface area contributed by atoms with Crippen LogP contribution in [0, 0.1) is 0 Å². The summed E-state index contributed by atoms with van der Waals surface area (Å²) in [6.07, 6.45) is -0.0847. The molecule has 25 heavy (non-hydrogen) atoms. The maximum Gasteiger partial charge on any atom is 0.294 e. The molecule has 0 radical (unpaired) electrons. The minimum Gasteiger partial charge on any atom is -0.308 e. The van der Waals surface area contributed by atoms with E-state index < -0.39 is 20.9 Å². The Morgan fingerprint density at radius 3 is 2.52 bits per heavy atom. The number of hydrogen-bond acceptors (Lipinski definition) is 5. The van der Waals surface area contributed by atoms with Gasteiger partial charge in [-0.1, -0.05) is 24.3 Å². The Morgan fingerprint density at radius 1 is 1.12 bits per heavy atom. The molecular weight excluding hydrogens is 346 g/mol. The summed E-state index contributed by atoms with van der Waals surface area (Å²) in [5, 5.41) is 7.74. The van der Waals surface area contributed by atoms with Gasteiger partial charge in [0, 0.05) is 5.56 Å². The standard InChI is InChI=1S/C16H13N3O5S/c20-15-10-14(18-19(15)12-6-2-1-3-7-12)17-16(21)11-5-4-8-13(9-11)25(22,23)24/h1-9H,10H2,(H,17,18,21)(H,22,23,24). The molecule has 0 spiro atoms. The second-order valence-electron chi connectivity index (χ2n) is 5.22. The average molecular weight is 359 g/mol. The third-order valence-corrected chi connectivity index (χ3v) is 4.28. The quantitative estimate of drug-likeness (QED) is 0.804. The summed E-state index contributed by atoms with van der Waals surface area (Å²) < 4.78 is 31.3. The summed E-state index contributed by atoms with van der Waals surface area (Å²) in [5.74, 6) is -0.781. The number of hydrazone groups is 1. The molecule has 0 aromatic heterocycles. The fourth-order valence-electron chi connectivity index (χ4n) is 2.27. The lowest BCUT2D eigenvalue weighted by molar-refractivity contribution is -0.116. The van der Waals surface area contributed by atoms with Crippen LogP contribution in [0.25, 0.3) is 0 Å². The minimum absolute atomic E-state index is 0.0171. The molecule has 1 aliphatic heterocycles. The summed E-state index contributed by atoms with van der Waals surface area (Å²) in [6.45, 7) is 0. The van der Waals surface area contributed by atoms with E-state index in [0.717, 1.165) is 6.07 Å². The predicted molar refractivity (Wildman–Crippen MR) is 89.7 cm³/mol. The minimum atomic E-state index is -4.41. The van der Waals surface area contributed by atoms with Crippen molar-refractivity contribution in [1.82, 2.24) is 5.32 Å². The lowest BCUT2D eigenvalue weighted by Crippen LogP contribution is -2.29. The number of carbonyl (C=O) groups excluding carboxylic acids is 2. The van der Waals surface area contributed by atoms with Crippen LogP contribution in [0.2, 0.25) is 0 Å². The van der Waals surface area contributed by atoms with E-state index in [2.05, 4.69) is 10.4 Å². The van der Waals surface area contributed by atoms with Crippen LogP contribution in [0.5, 0.6) is 0 Å². The van der Waals surface area contributed by atoms with Gasteiger partial charge < -0.3 is 5.32 Å². The van der Waals surface area contributed by atoms with Crippen molar-refractivity contribution in [3.63, 3.8) is 0 Å². The molecule has 0 bridgehead atoms. The first-order valence-electron chi connectivity index (χ1n) is 7.19. The monoisotopic (exact) mass is 359 g/mol. The number of benzene rings is 2. The SMILES string of the molecule is O=C(NC1=NN(c2ccccc2)C(=O)C1)c1cccc(S(=O)(=O)O)c1. The van der Waals surface area contributed by atoms with E-state index in [0.29, 0.717) is 5.69 Å². The third-order valence-electron chi connectivity index (χ3n) is 3.43. The number of hydrogen-bond donors (Lipinski definition) is 2. The molecule has 0 saturated carbocycles. The van der Waals surface area contributed by atoms with E-state index in [1.54, 1.807) is 30.3 Å². The van der Waals surface area contributed by atoms with Gasteiger partial charge in [-0.15, -0.1) is 0 Å². The number of carbonyl (C=O) groups is 2. The molecule has 1 aliphatic rings. The van der Waals surface area contributed by atoms with Gasteiger partial charge in [0.1, 0.15) is 5.84 Å². The van der Waals surface area contributed by atoms with Crippen LogP contribution in [-0.4, -0.2) is 30.6 Å². The Bertz CT molecular complexity index is 970. The van der Waals surface area contributed by atoms with Crippen molar-refractivity contribution in [2.24, 2.45) is 5.10 Å². The number of rotatable bonds is 3. The van der Waals surface area contributed by atoms with E-state index in [4.69, 9.17) is 4.55 Å². The molecular formula is C16H13N3O5S. The highest BCUT2D eigenvalue weighted by atomic mass is 32.2. The van der Waals surface area contributed by atoms with Crippen LogP contribution in [0.15, 0.2) is 64.6 Å². The molecule has 2 aromatic rings. The van der Waals surface area contributed by atoms with Crippen LogP contribution < -0.4 is 10.3 Å². The average Bonchev–Trinajstić information content (AvgIpc) is 2.95. The largest absolute Gasteiger partial charge is 0.308 e. The predicted octanol–water partition coefficient (Wildman–Crippen LogP) is 1.41. The Labute approximate surface area is 143 Å². The van der Waals surface area contributed by atoms with Gasteiger partial charge in [-0.2, -0.15) is 18.5 Å². The molecule has 2 aromatic carbocycles. The van der Waals surface area contributed by atoms with E-state index in [-0.39, 0.29) is 23.7 Å². The van der Waals surface area contributed by atoms with Gasteiger partial charge in [-0.25, -0.2) is 0 Å². The zero-order valence-corrected chi connectivity index (χ0v) is 13.6. The molecule has 0 fully saturated rings. The van der Waals surface area contributed by atoms with Crippen LogP contribution in [0.1, 0.15) is 16.8 Å². The van der Waals surface area contributed by atoms with Crippen molar-refractivity contribution in [1.29, 1.82) is 0 Å². The summed E-state index contributed by atoms with van der Waals surface area (Å²) in [6, 6.07) is 13.7. The summed E-state index contributed by atoms with van der Waals surface area (Å²) in [4.78, 5) is 23.9. The number of para-hydroxylation sites is 1. The molecule has 2 N–H and O–H groups in total. The van der Waals surface area contributed by atoms with Gasteiger partial charge in [-0.3, -0.25) is 14.1 Å². The number of nitrogens with one attached hydrogen (secondary N) is 1. The lowest BCUT2D eigenvalue weighted by atomic mass is 10.2. The molecule has 128 valence electrons. The fraction of sp³-hybridized carbons (Fsp3) is 0.0625. The molecule has 2 amide bonds. The van der Waals surface area contributed by atoms with E-state index >= 15 is 0 Å². The maximum absolute atomic E-state index is 12.2. The Hall–Kier alpha value is -3.04. The van der Waals surface area contributed by atoms with Crippen LogP contribution >= 0.6 is 0 Å². The van der Waals surface area contributed by atoms with Crippen LogP contribution in [0.3, 0.4) is 0 Å². The van der Waals surface area contributed by atoms with E-state index in [9.17, 15) is 18.0 Å². The molecule has 0 unspecified atom stereocenters. The first-order valence-corrected chi connectivity index (χ1v) is 8.63.